The summed E-state index contributed by atoms with van der Waals surface area (Å²) in [6.07, 6.45) is 9.31. The van der Waals surface area contributed by atoms with E-state index in [9.17, 15) is 4.39 Å². The Bertz CT molecular complexity index is 544. The van der Waals surface area contributed by atoms with E-state index >= 15 is 0 Å². The SMILES string of the molecule is FC1CCCCC1C[NH+]1CCCC1C1NC(C2CCC(N3CCOCC3)[NH2+]C2)NO1. The largest absolute Gasteiger partial charge is 0.379 e. The molecule has 1 saturated carbocycles. The highest BCUT2D eigenvalue weighted by Crippen LogP contribution is 2.26. The molecule has 0 radical (unpaired) electrons. The molecule has 0 amide bonds. The van der Waals surface area contributed by atoms with Gasteiger partial charge in [0.1, 0.15) is 18.4 Å². The summed E-state index contributed by atoms with van der Waals surface area (Å²) in [4.78, 5) is 10.2. The highest BCUT2D eigenvalue weighted by Gasteiger charge is 2.45. The Morgan fingerprint density at radius 3 is 2.70 bits per heavy atom. The predicted octanol–water partition coefficient (Wildman–Crippen LogP) is -1.03. The number of nitrogens with one attached hydrogen (secondary N) is 3. The molecule has 0 bridgehead atoms. The van der Waals surface area contributed by atoms with Crippen LogP contribution in [0.3, 0.4) is 0 Å². The first kappa shape index (κ1) is 21.5. The number of alkyl halides is 1. The predicted molar refractivity (Wildman–Crippen MR) is 111 cm³/mol. The smallest absolute Gasteiger partial charge is 0.183 e. The van der Waals surface area contributed by atoms with Crippen LogP contribution in [0.4, 0.5) is 4.39 Å². The number of hydrogen-bond donors (Lipinski definition) is 4. The molecule has 1 aliphatic carbocycles. The Hall–Kier alpha value is -0.350. The zero-order valence-electron chi connectivity index (χ0n) is 18.4. The van der Waals surface area contributed by atoms with Gasteiger partial charge in [0.2, 0.25) is 0 Å². The number of quaternary nitrogens is 2. The number of nitrogens with two attached hydrogens (primary N) is 1. The third-order valence-electron chi connectivity index (χ3n) is 8.44. The van der Waals surface area contributed by atoms with E-state index < -0.39 is 6.17 Å². The summed E-state index contributed by atoms with van der Waals surface area (Å²) in [5.41, 5.74) is 3.33. The minimum Gasteiger partial charge on any atom is -0.379 e. The summed E-state index contributed by atoms with van der Waals surface area (Å²) < 4.78 is 19.9. The van der Waals surface area contributed by atoms with Crippen LogP contribution in [-0.2, 0) is 9.57 Å². The summed E-state index contributed by atoms with van der Waals surface area (Å²) in [7, 11) is 0. The van der Waals surface area contributed by atoms with Crippen molar-refractivity contribution in [2.24, 2.45) is 11.8 Å². The molecule has 30 heavy (non-hydrogen) atoms. The minimum absolute atomic E-state index is 0.0612. The summed E-state index contributed by atoms with van der Waals surface area (Å²) in [6.45, 7) is 7.17. The maximum absolute atomic E-state index is 14.4. The number of nitrogens with zero attached hydrogens (tertiary/aromatic N) is 1. The zero-order valence-corrected chi connectivity index (χ0v) is 18.4. The second-order valence-corrected chi connectivity index (χ2v) is 10.2. The monoisotopic (exact) mass is 427 g/mol. The molecule has 4 aliphatic heterocycles. The second-order valence-electron chi connectivity index (χ2n) is 10.2. The summed E-state index contributed by atoms with van der Waals surface area (Å²) >= 11 is 0. The molecule has 172 valence electrons. The van der Waals surface area contributed by atoms with Crippen LogP contribution in [0.15, 0.2) is 0 Å². The second kappa shape index (κ2) is 10.1. The molecule has 8 heteroatoms. The first-order valence-corrected chi connectivity index (χ1v) is 12.6. The Kier molecular flexibility index (Phi) is 7.21. The van der Waals surface area contributed by atoms with Crippen LogP contribution in [0.2, 0.25) is 0 Å². The van der Waals surface area contributed by atoms with Crippen LogP contribution in [0.1, 0.15) is 51.4 Å². The molecular formula is C22H42FN5O2+2. The van der Waals surface area contributed by atoms with Gasteiger partial charge in [0.05, 0.1) is 39.0 Å². The van der Waals surface area contributed by atoms with Gasteiger partial charge in [-0.1, -0.05) is 12.8 Å². The molecule has 0 spiro atoms. The Labute approximate surface area is 180 Å². The van der Waals surface area contributed by atoms with Gasteiger partial charge >= 0.3 is 0 Å². The van der Waals surface area contributed by atoms with E-state index in [1.54, 1.807) is 4.90 Å². The summed E-state index contributed by atoms with van der Waals surface area (Å²) in [5.74, 6) is 0.843. The third-order valence-corrected chi connectivity index (χ3v) is 8.44. The molecule has 5 aliphatic rings. The molecule has 8 unspecified atom stereocenters. The maximum atomic E-state index is 14.4. The molecule has 0 aromatic heterocycles. The maximum Gasteiger partial charge on any atom is 0.183 e. The van der Waals surface area contributed by atoms with Gasteiger partial charge in [-0.15, -0.1) is 0 Å². The zero-order chi connectivity index (χ0) is 20.3. The molecule has 4 saturated heterocycles. The number of piperidine rings is 1. The topological polar surface area (TPSA) is 66.8 Å². The Morgan fingerprint density at radius 2 is 1.90 bits per heavy atom. The van der Waals surface area contributed by atoms with E-state index in [0.29, 0.717) is 18.1 Å². The van der Waals surface area contributed by atoms with E-state index in [0.717, 1.165) is 58.7 Å². The molecule has 5 N–H and O–H groups in total. The van der Waals surface area contributed by atoms with Crippen molar-refractivity contribution in [1.29, 1.82) is 0 Å². The lowest BCUT2D eigenvalue weighted by molar-refractivity contribution is -0.920. The van der Waals surface area contributed by atoms with E-state index in [4.69, 9.17) is 9.57 Å². The van der Waals surface area contributed by atoms with Crippen molar-refractivity contribution in [2.75, 3.05) is 45.9 Å². The van der Waals surface area contributed by atoms with E-state index in [-0.39, 0.29) is 18.3 Å². The first-order valence-electron chi connectivity index (χ1n) is 12.6. The highest BCUT2D eigenvalue weighted by molar-refractivity contribution is 4.85. The fourth-order valence-electron chi connectivity index (χ4n) is 6.60. The van der Waals surface area contributed by atoms with Gasteiger partial charge in [-0.2, -0.15) is 5.48 Å². The van der Waals surface area contributed by atoms with E-state index in [2.05, 4.69) is 21.0 Å². The fraction of sp³-hybridized carbons (Fsp3) is 1.00. The molecular weight excluding hydrogens is 385 g/mol. The Balaban J connectivity index is 1.09. The van der Waals surface area contributed by atoms with Crippen molar-refractivity contribution >= 4 is 0 Å². The van der Waals surface area contributed by atoms with Crippen molar-refractivity contribution in [1.82, 2.24) is 15.7 Å². The number of morpholine rings is 1. The number of rotatable bonds is 5. The molecule has 4 heterocycles. The average molecular weight is 428 g/mol. The minimum atomic E-state index is -0.590. The van der Waals surface area contributed by atoms with Crippen molar-refractivity contribution in [3.8, 4) is 0 Å². The van der Waals surface area contributed by atoms with Crippen LogP contribution >= 0.6 is 0 Å². The molecule has 5 rings (SSSR count). The van der Waals surface area contributed by atoms with Gasteiger partial charge in [-0.05, 0) is 19.3 Å². The number of hydroxylamine groups is 1. The standard InChI is InChI=1S/C22H40FN5O2/c23-18-5-2-1-4-17(18)15-28-9-3-6-19(28)22-25-21(26-30-22)16-7-8-20(24-14-16)27-10-12-29-13-11-27/h16-22,24-26H,1-15H2/p+2. The number of halogens is 1. The van der Waals surface area contributed by atoms with Gasteiger partial charge in [0.25, 0.3) is 0 Å². The quantitative estimate of drug-likeness (QED) is 0.452. The lowest BCUT2D eigenvalue weighted by Crippen LogP contribution is -3.16. The van der Waals surface area contributed by atoms with Crippen molar-refractivity contribution in [2.45, 2.75) is 82.1 Å². The number of ether oxygens (including phenoxy) is 1. The molecule has 0 aromatic carbocycles. The third kappa shape index (κ3) is 4.85. The number of hydrogen-bond acceptors (Lipinski definition) is 5. The normalized spacial score (nSPS) is 46.3. The van der Waals surface area contributed by atoms with Crippen molar-refractivity contribution in [3.05, 3.63) is 0 Å². The van der Waals surface area contributed by atoms with Gasteiger partial charge in [-0.25, -0.2) is 9.29 Å². The van der Waals surface area contributed by atoms with Gasteiger partial charge < -0.3 is 15.0 Å². The molecule has 7 nitrogen and oxygen atoms in total. The van der Waals surface area contributed by atoms with Crippen LogP contribution in [-0.4, -0.2) is 81.6 Å². The Morgan fingerprint density at radius 1 is 1.03 bits per heavy atom. The number of likely N-dealkylation sites (tertiary alicyclic amines) is 1. The van der Waals surface area contributed by atoms with Crippen LogP contribution in [0.5, 0.6) is 0 Å². The summed E-state index contributed by atoms with van der Waals surface area (Å²) in [6, 6.07) is 0.449. The van der Waals surface area contributed by atoms with Gasteiger partial charge in [0, 0.05) is 44.2 Å². The van der Waals surface area contributed by atoms with E-state index in [1.807, 2.05) is 0 Å². The first-order chi connectivity index (χ1) is 14.8. The van der Waals surface area contributed by atoms with Crippen molar-refractivity contribution in [3.63, 3.8) is 0 Å². The molecule has 0 aromatic rings. The average Bonchev–Trinajstić information content (AvgIpc) is 3.46. The highest BCUT2D eigenvalue weighted by atomic mass is 19.1. The van der Waals surface area contributed by atoms with Gasteiger partial charge in [0.15, 0.2) is 6.23 Å². The summed E-state index contributed by atoms with van der Waals surface area (Å²) in [5, 5.41) is 6.30. The fourth-order valence-corrected chi connectivity index (χ4v) is 6.60. The van der Waals surface area contributed by atoms with Crippen molar-refractivity contribution < 1.29 is 24.2 Å². The molecule has 5 fully saturated rings. The van der Waals surface area contributed by atoms with Crippen LogP contribution in [0.25, 0.3) is 0 Å². The van der Waals surface area contributed by atoms with Gasteiger partial charge in [-0.3, -0.25) is 10.2 Å². The van der Waals surface area contributed by atoms with Crippen LogP contribution < -0.4 is 21.0 Å². The molecule has 8 atom stereocenters. The van der Waals surface area contributed by atoms with Crippen LogP contribution in [0, 0.1) is 11.8 Å². The lowest BCUT2D eigenvalue weighted by atomic mass is 9.87. The lowest BCUT2D eigenvalue weighted by Gasteiger charge is -2.37. The van der Waals surface area contributed by atoms with E-state index in [1.165, 1.54) is 38.6 Å².